The van der Waals surface area contributed by atoms with Crippen molar-refractivity contribution in [2.24, 2.45) is 5.73 Å². The Kier molecular flexibility index (Phi) is 4.22. The molecule has 0 radical (unpaired) electrons. The number of nitrogens with two attached hydrogens (primary N) is 1. The number of rotatable bonds is 3. The molecule has 1 saturated carbocycles. The van der Waals surface area contributed by atoms with Gasteiger partial charge in [-0.3, -0.25) is 4.79 Å². The molecule has 3 nitrogen and oxygen atoms in total. The summed E-state index contributed by atoms with van der Waals surface area (Å²) in [5.74, 6) is -1.33. The highest BCUT2D eigenvalue weighted by molar-refractivity contribution is 9.10. The van der Waals surface area contributed by atoms with E-state index in [1.807, 2.05) is 0 Å². The van der Waals surface area contributed by atoms with Gasteiger partial charge in [0.25, 0.3) is 5.91 Å². The maximum absolute atomic E-state index is 13.7. The van der Waals surface area contributed by atoms with E-state index in [4.69, 9.17) is 5.73 Å². The second-order valence-corrected chi connectivity index (χ2v) is 5.57. The molecule has 1 aromatic rings. The smallest absolute Gasteiger partial charge is 0.253 e. The summed E-state index contributed by atoms with van der Waals surface area (Å²) in [6.07, 6.45) is 5.67. The standard InChI is InChI=1S/C13H16BrFN2O/c14-8-6-10(15)12(13(16)18)11(7-8)17-9-4-2-1-3-5-9/h6-7,9,17H,1-5H2,(H2,16,18). The molecule has 0 aliphatic heterocycles. The van der Waals surface area contributed by atoms with Crippen LogP contribution in [0.5, 0.6) is 0 Å². The Morgan fingerprint density at radius 1 is 1.33 bits per heavy atom. The molecule has 1 aromatic carbocycles. The van der Waals surface area contributed by atoms with Crippen LogP contribution in [0.2, 0.25) is 0 Å². The van der Waals surface area contributed by atoms with Crippen molar-refractivity contribution < 1.29 is 9.18 Å². The normalized spacial score (nSPS) is 16.6. The molecule has 5 heteroatoms. The highest BCUT2D eigenvalue weighted by Crippen LogP contribution is 2.28. The van der Waals surface area contributed by atoms with Gasteiger partial charge in [-0.15, -0.1) is 0 Å². The van der Waals surface area contributed by atoms with Gasteiger partial charge >= 0.3 is 0 Å². The molecule has 0 spiro atoms. The third-order valence-electron chi connectivity index (χ3n) is 3.27. The first-order chi connectivity index (χ1) is 8.58. The van der Waals surface area contributed by atoms with E-state index < -0.39 is 11.7 Å². The van der Waals surface area contributed by atoms with Gasteiger partial charge < -0.3 is 11.1 Å². The molecule has 18 heavy (non-hydrogen) atoms. The van der Waals surface area contributed by atoms with Gasteiger partial charge in [-0.25, -0.2) is 4.39 Å². The summed E-state index contributed by atoms with van der Waals surface area (Å²) in [7, 11) is 0. The van der Waals surface area contributed by atoms with Crippen LogP contribution in [0.25, 0.3) is 0 Å². The summed E-state index contributed by atoms with van der Waals surface area (Å²) in [4.78, 5) is 11.3. The highest BCUT2D eigenvalue weighted by atomic mass is 79.9. The Hall–Kier alpha value is -1.10. The molecule has 1 aliphatic rings. The summed E-state index contributed by atoms with van der Waals surface area (Å²) in [6.45, 7) is 0. The Labute approximate surface area is 114 Å². The summed E-state index contributed by atoms with van der Waals surface area (Å²) >= 11 is 3.23. The average Bonchev–Trinajstić information content (AvgIpc) is 2.28. The first-order valence-corrected chi connectivity index (χ1v) is 6.92. The second kappa shape index (κ2) is 5.69. The van der Waals surface area contributed by atoms with Crippen LogP contribution in [0.4, 0.5) is 10.1 Å². The van der Waals surface area contributed by atoms with E-state index in [1.54, 1.807) is 6.07 Å². The van der Waals surface area contributed by atoms with Crippen LogP contribution in [0.3, 0.4) is 0 Å². The van der Waals surface area contributed by atoms with Gasteiger partial charge in [-0.1, -0.05) is 35.2 Å². The lowest BCUT2D eigenvalue weighted by molar-refractivity contribution is 0.0997. The quantitative estimate of drug-likeness (QED) is 0.898. The van der Waals surface area contributed by atoms with Crippen LogP contribution in [0.15, 0.2) is 16.6 Å². The minimum atomic E-state index is -0.738. The first-order valence-electron chi connectivity index (χ1n) is 6.13. The average molecular weight is 315 g/mol. The summed E-state index contributed by atoms with van der Waals surface area (Å²) in [5.41, 5.74) is 5.67. The number of amides is 1. The maximum atomic E-state index is 13.7. The van der Waals surface area contributed by atoms with Gasteiger partial charge in [0.05, 0.1) is 11.3 Å². The zero-order valence-corrected chi connectivity index (χ0v) is 11.6. The van der Waals surface area contributed by atoms with Crippen LogP contribution < -0.4 is 11.1 Å². The van der Waals surface area contributed by atoms with Crippen LogP contribution in [-0.2, 0) is 0 Å². The fourth-order valence-corrected chi connectivity index (χ4v) is 2.83. The number of benzene rings is 1. The van der Waals surface area contributed by atoms with E-state index in [9.17, 15) is 9.18 Å². The first kappa shape index (κ1) is 13.3. The number of primary amides is 1. The number of hydrogen-bond donors (Lipinski definition) is 2. The molecule has 0 saturated heterocycles. The van der Waals surface area contributed by atoms with Gasteiger partial charge in [0, 0.05) is 10.5 Å². The monoisotopic (exact) mass is 314 g/mol. The Balaban J connectivity index is 2.27. The van der Waals surface area contributed by atoms with Crippen LogP contribution in [-0.4, -0.2) is 11.9 Å². The lowest BCUT2D eigenvalue weighted by atomic mass is 9.95. The lowest BCUT2D eigenvalue weighted by Gasteiger charge is -2.25. The van der Waals surface area contributed by atoms with Crippen molar-refractivity contribution in [1.82, 2.24) is 0 Å². The molecule has 98 valence electrons. The number of hydrogen-bond acceptors (Lipinski definition) is 2. The largest absolute Gasteiger partial charge is 0.382 e. The predicted octanol–water partition coefficient (Wildman–Crippen LogP) is 3.43. The Morgan fingerprint density at radius 2 is 2.00 bits per heavy atom. The topological polar surface area (TPSA) is 55.1 Å². The van der Waals surface area contributed by atoms with E-state index in [-0.39, 0.29) is 5.56 Å². The van der Waals surface area contributed by atoms with E-state index in [0.29, 0.717) is 16.2 Å². The fraction of sp³-hybridized carbons (Fsp3) is 0.462. The van der Waals surface area contributed by atoms with Crippen LogP contribution in [0, 0.1) is 5.82 Å². The summed E-state index contributed by atoms with van der Waals surface area (Å²) in [5, 5.41) is 3.24. The van der Waals surface area contributed by atoms with Crippen LogP contribution >= 0.6 is 15.9 Å². The molecule has 0 aromatic heterocycles. The van der Waals surface area contributed by atoms with Crippen molar-refractivity contribution in [2.75, 3.05) is 5.32 Å². The van der Waals surface area contributed by atoms with Crippen molar-refractivity contribution >= 4 is 27.5 Å². The zero-order valence-electron chi connectivity index (χ0n) is 10.0. The third-order valence-corrected chi connectivity index (χ3v) is 3.72. The Morgan fingerprint density at radius 3 is 2.61 bits per heavy atom. The number of carbonyl (C=O) groups excluding carboxylic acids is 1. The van der Waals surface area contributed by atoms with Crippen molar-refractivity contribution in [2.45, 2.75) is 38.1 Å². The van der Waals surface area contributed by atoms with Crippen molar-refractivity contribution in [3.63, 3.8) is 0 Å². The van der Waals surface area contributed by atoms with Crippen molar-refractivity contribution in [1.29, 1.82) is 0 Å². The fourth-order valence-electron chi connectivity index (χ4n) is 2.40. The van der Waals surface area contributed by atoms with Crippen molar-refractivity contribution in [3.8, 4) is 0 Å². The van der Waals surface area contributed by atoms with E-state index in [1.165, 1.54) is 25.3 Å². The summed E-state index contributed by atoms with van der Waals surface area (Å²) in [6, 6.07) is 3.26. The molecule has 0 unspecified atom stereocenters. The molecule has 1 fully saturated rings. The molecule has 0 heterocycles. The second-order valence-electron chi connectivity index (χ2n) is 4.65. The predicted molar refractivity (Wildman–Crippen MR) is 73.1 cm³/mol. The molecule has 1 aliphatic carbocycles. The highest BCUT2D eigenvalue weighted by Gasteiger charge is 2.19. The summed E-state index contributed by atoms with van der Waals surface area (Å²) < 4.78 is 14.3. The minimum Gasteiger partial charge on any atom is -0.382 e. The van der Waals surface area contributed by atoms with Gasteiger partial charge in [-0.2, -0.15) is 0 Å². The SMILES string of the molecule is NC(=O)c1c(F)cc(Br)cc1NC1CCCCC1. The van der Waals surface area contributed by atoms with E-state index >= 15 is 0 Å². The van der Waals surface area contributed by atoms with Gasteiger partial charge in [0.15, 0.2) is 0 Å². The van der Waals surface area contributed by atoms with Gasteiger partial charge in [0.1, 0.15) is 5.82 Å². The zero-order chi connectivity index (χ0) is 13.1. The van der Waals surface area contributed by atoms with Crippen molar-refractivity contribution in [3.05, 3.63) is 28.0 Å². The van der Waals surface area contributed by atoms with Gasteiger partial charge in [-0.05, 0) is 25.0 Å². The van der Waals surface area contributed by atoms with Gasteiger partial charge in [0.2, 0.25) is 0 Å². The number of halogens is 2. The molecule has 1 amide bonds. The third kappa shape index (κ3) is 3.02. The minimum absolute atomic E-state index is 0.0521. The molecule has 3 N–H and O–H groups in total. The number of anilines is 1. The van der Waals surface area contributed by atoms with E-state index in [2.05, 4.69) is 21.2 Å². The number of nitrogens with one attached hydrogen (secondary N) is 1. The van der Waals surface area contributed by atoms with Crippen LogP contribution in [0.1, 0.15) is 42.5 Å². The molecular formula is C13H16BrFN2O. The molecule has 0 atom stereocenters. The molecule has 0 bridgehead atoms. The number of carbonyl (C=O) groups is 1. The molecule has 2 rings (SSSR count). The molecular weight excluding hydrogens is 299 g/mol. The Bertz CT molecular complexity index is 459. The lowest BCUT2D eigenvalue weighted by Crippen LogP contribution is -2.25. The van der Waals surface area contributed by atoms with E-state index in [0.717, 1.165) is 12.8 Å². The maximum Gasteiger partial charge on any atom is 0.253 e.